The maximum Gasteiger partial charge on any atom is 0.164 e. The number of sulfone groups is 1. The molecule has 1 aromatic carbocycles. The van der Waals surface area contributed by atoms with Crippen LogP contribution in [0.4, 0.5) is 5.69 Å². The van der Waals surface area contributed by atoms with E-state index >= 15 is 0 Å². The van der Waals surface area contributed by atoms with Gasteiger partial charge in [-0.1, -0.05) is 36.4 Å². The first kappa shape index (κ1) is 14.2. The van der Waals surface area contributed by atoms with E-state index in [1.165, 1.54) is 0 Å². The highest BCUT2D eigenvalue weighted by molar-refractivity contribution is 8.14. The SMILES string of the molecule is CCSC1=N[C@H]2CS(=O)(=O)C[C@@H]2N1c1cccc(Cl)c1. The van der Waals surface area contributed by atoms with Gasteiger partial charge in [-0.2, -0.15) is 0 Å². The van der Waals surface area contributed by atoms with Crippen LogP contribution in [0.25, 0.3) is 0 Å². The fraction of sp³-hybridized carbons (Fsp3) is 0.462. The topological polar surface area (TPSA) is 49.7 Å². The number of thioether (sulfide) groups is 1. The molecule has 2 atom stereocenters. The van der Waals surface area contributed by atoms with Crippen LogP contribution in [0.5, 0.6) is 0 Å². The van der Waals surface area contributed by atoms with Gasteiger partial charge >= 0.3 is 0 Å². The van der Waals surface area contributed by atoms with E-state index in [9.17, 15) is 8.42 Å². The number of hydrogen-bond donors (Lipinski definition) is 0. The fourth-order valence-electron chi connectivity index (χ4n) is 2.69. The van der Waals surface area contributed by atoms with Crippen LogP contribution in [0.3, 0.4) is 0 Å². The summed E-state index contributed by atoms with van der Waals surface area (Å²) < 4.78 is 23.6. The average Bonchev–Trinajstić information content (AvgIpc) is 2.80. The summed E-state index contributed by atoms with van der Waals surface area (Å²) in [6.45, 7) is 2.06. The van der Waals surface area contributed by atoms with E-state index in [0.29, 0.717) is 5.02 Å². The molecule has 0 amide bonds. The van der Waals surface area contributed by atoms with E-state index in [2.05, 4.69) is 11.9 Å². The number of aliphatic imine (C=N–C) groups is 1. The highest BCUT2D eigenvalue weighted by Crippen LogP contribution is 2.35. The van der Waals surface area contributed by atoms with E-state index in [-0.39, 0.29) is 23.6 Å². The number of nitrogens with zero attached hydrogens (tertiary/aromatic N) is 2. The zero-order valence-corrected chi connectivity index (χ0v) is 13.4. The summed E-state index contributed by atoms with van der Waals surface area (Å²) in [6.07, 6.45) is 0. The van der Waals surface area contributed by atoms with Gasteiger partial charge in [0.2, 0.25) is 0 Å². The third kappa shape index (κ3) is 2.56. The third-order valence-electron chi connectivity index (χ3n) is 3.47. The highest BCUT2D eigenvalue weighted by Gasteiger charge is 2.46. The molecule has 0 saturated carbocycles. The van der Waals surface area contributed by atoms with E-state index in [4.69, 9.17) is 11.6 Å². The smallest absolute Gasteiger partial charge is 0.164 e. The Kier molecular flexibility index (Phi) is 3.73. The maximum atomic E-state index is 11.8. The molecule has 4 nitrogen and oxygen atoms in total. The number of hydrogen-bond acceptors (Lipinski definition) is 5. The quantitative estimate of drug-likeness (QED) is 0.835. The lowest BCUT2D eigenvalue weighted by molar-refractivity contribution is 0.601. The molecule has 0 bridgehead atoms. The van der Waals surface area contributed by atoms with Gasteiger partial charge in [-0.15, -0.1) is 0 Å². The van der Waals surface area contributed by atoms with Crippen LogP contribution < -0.4 is 4.90 Å². The number of rotatable bonds is 2. The Balaban J connectivity index is 2.00. The second-order valence-corrected chi connectivity index (χ2v) is 8.73. The van der Waals surface area contributed by atoms with E-state index in [0.717, 1.165) is 16.6 Å². The molecule has 2 heterocycles. The Labute approximate surface area is 128 Å². The molecule has 20 heavy (non-hydrogen) atoms. The molecule has 7 heteroatoms. The summed E-state index contributed by atoms with van der Waals surface area (Å²) in [5.74, 6) is 1.23. The van der Waals surface area contributed by atoms with Crippen LogP contribution in [0.1, 0.15) is 6.92 Å². The number of halogens is 1. The molecular weight excluding hydrogens is 316 g/mol. The predicted molar refractivity (Wildman–Crippen MR) is 85.7 cm³/mol. The van der Waals surface area contributed by atoms with Crippen LogP contribution in [-0.2, 0) is 9.84 Å². The Morgan fingerprint density at radius 1 is 1.45 bits per heavy atom. The van der Waals surface area contributed by atoms with Crippen molar-refractivity contribution in [2.45, 2.75) is 19.0 Å². The van der Waals surface area contributed by atoms with Gasteiger partial charge in [0.25, 0.3) is 0 Å². The van der Waals surface area contributed by atoms with Gasteiger partial charge in [-0.05, 0) is 24.0 Å². The largest absolute Gasteiger partial charge is 0.315 e. The summed E-state index contributed by atoms with van der Waals surface area (Å²) in [6, 6.07) is 7.27. The first-order valence-electron chi connectivity index (χ1n) is 6.46. The fourth-order valence-corrected chi connectivity index (χ4v) is 5.57. The molecule has 1 saturated heterocycles. The first-order chi connectivity index (χ1) is 9.50. The summed E-state index contributed by atoms with van der Waals surface area (Å²) >= 11 is 7.70. The standard InChI is InChI=1S/C13H15ClN2O2S2/c1-2-19-13-15-11-7-20(17,18)8-12(11)16(13)10-5-3-4-9(14)6-10/h3-6,11-12H,2,7-8H2,1H3/t11-,12-/m0/s1. The number of amidine groups is 1. The molecule has 0 radical (unpaired) electrons. The molecule has 1 aromatic rings. The van der Waals surface area contributed by atoms with Crippen molar-refractivity contribution < 1.29 is 8.42 Å². The molecule has 2 aliphatic rings. The zero-order valence-electron chi connectivity index (χ0n) is 11.0. The Morgan fingerprint density at radius 2 is 2.25 bits per heavy atom. The Morgan fingerprint density at radius 3 is 2.95 bits per heavy atom. The summed E-state index contributed by atoms with van der Waals surface area (Å²) in [5, 5.41) is 1.55. The van der Waals surface area contributed by atoms with Crippen LogP contribution in [-0.4, -0.2) is 42.9 Å². The number of fused-ring (bicyclic) bond motifs is 1. The lowest BCUT2D eigenvalue weighted by Crippen LogP contribution is -2.39. The highest BCUT2D eigenvalue weighted by atomic mass is 35.5. The lowest BCUT2D eigenvalue weighted by atomic mass is 10.1. The van der Waals surface area contributed by atoms with Gasteiger partial charge in [-0.3, -0.25) is 4.99 Å². The average molecular weight is 331 g/mol. The van der Waals surface area contributed by atoms with Gasteiger partial charge in [0.15, 0.2) is 15.0 Å². The Hall–Kier alpha value is -0.720. The minimum atomic E-state index is -2.99. The first-order valence-corrected chi connectivity index (χ1v) is 9.64. The minimum Gasteiger partial charge on any atom is -0.315 e. The number of benzene rings is 1. The molecule has 3 rings (SSSR count). The molecule has 0 aromatic heterocycles. The molecule has 0 aliphatic carbocycles. The van der Waals surface area contributed by atoms with E-state index < -0.39 is 9.84 Å². The van der Waals surface area contributed by atoms with Crippen LogP contribution >= 0.6 is 23.4 Å². The molecule has 0 spiro atoms. The second kappa shape index (κ2) is 5.24. The van der Waals surface area contributed by atoms with Gasteiger partial charge < -0.3 is 4.90 Å². The van der Waals surface area contributed by atoms with Crippen molar-refractivity contribution in [2.24, 2.45) is 4.99 Å². The normalized spacial score (nSPS) is 27.5. The van der Waals surface area contributed by atoms with Crippen LogP contribution in [0, 0.1) is 0 Å². The maximum absolute atomic E-state index is 11.8. The van der Waals surface area contributed by atoms with Crippen molar-refractivity contribution in [2.75, 3.05) is 22.2 Å². The van der Waals surface area contributed by atoms with Crippen molar-refractivity contribution in [1.82, 2.24) is 0 Å². The van der Waals surface area contributed by atoms with Gasteiger partial charge in [-0.25, -0.2) is 8.42 Å². The Bertz CT molecular complexity index is 660. The monoisotopic (exact) mass is 330 g/mol. The van der Waals surface area contributed by atoms with Crippen molar-refractivity contribution in [3.05, 3.63) is 29.3 Å². The summed E-state index contributed by atoms with van der Waals surface area (Å²) in [4.78, 5) is 6.64. The number of anilines is 1. The second-order valence-electron chi connectivity index (χ2n) is 4.91. The van der Waals surface area contributed by atoms with Crippen molar-refractivity contribution in [3.8, 4) is 0 Å². The zero-order chi connectivity index (χ0) is 14.3. The molecule has 108 valence electrons. The lowest BCUT2D eigenvalue weighted by Gasteiger charge is -2.26. The van der Waals surface area contributed by atoms with Crippen LogP contribution in [0.2, 0.25) is 5.02 Å². The summed E-state index contributed by atoms with van der Waals surface area (Å²) in [7, 11) is -2.99. The molecule has 2 aliphatic heterocycles. The van der Waals surface area contributed by atoms with Crippen molar-refractivity contribution in [3.63, 3.8) is 0 Å². The molecule has 1 fully saturated rings. The van der Waals surface area contributed by atoms with E-state index in [1.54, 1.807) is 11.8 Å². The van der Waals surface area contributed by atoms with Crippen LogP contribution in [0.15, 0.2) is 29.3 Å². The van der Waals surface area contributed by atoms with Gasteiger partial charge in [0.05, 0.1) is 23.6 Å². The van der Waals surface area contributed by atoms with Crippen molar-refractivity contribution in [1.29, 1.82) is 0 Å². The van der Waals surface area contributed by atoms with Crippen molar-refractivity contribution >= 4 is 44.1 Å². The summed E-state index contributed by atoms with van der Waals surface area (Å²) in [5.41, 5.74) is 0.918. The molecule has 0 N–H and O–H groups in total. The minimum absolute atomic E-state index is 0.0903. The van der Waals surface area contributed by atoms with E-state index in [1.807, 2.05) is 29.2 Å². The predicted octanol–water partition coefficient (Wildman–Crippen LogP) is 2.43. The molecule has 0 unspecified atom stereocenters. The van der Waals surface area contributed by atoms with Gasteiger partial charge in [0, 0.05) is 10.7 Å². The van der Waals surface area contributed by atoms with Gasteiger partial charge in [0.1, 0.15) is 0 Å². The third-order valence-corrected chi connectivity index (χ3v) is 6.25. The molecular formula is C13H15ClN2O2S2.